The van der Waals surface area contributed by atoms with Crippen molar-refractivity contribution in [2.75, 3.05) is 19.0 Å². The minimum Gasteiger partial charge on any atom is -0.497 e. The lowest BCUT2D eigenvalue weighted by atomic mass is 10.1. The van der Waals surface area contributed by atoms with Crippen molar-refractivity contribution in [1.82, 2.24) is 10.3 Å². The number of benzene rings is 2. The summed E-state index contributed by atoms with van der Waals surface area (Å²) in [4.78, 5) is 16.6. The maximum Gasteiger partial charge on any atom is 0.252 e. The number of nitrogens with zero attached hydrogens (tertiary/aromatic N) is 1. The molecular formula is C23H25N3O2. The summed E-state index contributed by atoms with van der Waals surface area (Å²) < 4.78 is 5.22. The van der Waals surface area contributed by atoms with Gasteiger partial charge >= 0.3 is 0 Å². The van der Waals surface area contributed by atoms with Gasteiger partial charge in [0.1, 0.15) is 5.75 Å². The highest BCUT2D eigenvalue weighted by molar-refractivity contribution is 5.94. The van der Waals surface area contributed by atoms with E-state index in [-0.39, 0.29) is 5.91 Å². The largest absolute Gasteiger partial charge is 0.497 e. The van der Waals surface area contributed by atoms with E-state index in [1.807, 2.05) is 42.5 Å². The second-order valence-electron chi connectivity index (χ2n) is 6.50. The van der Waals surface area contributed by atoms with Gasteiger partial charge in [-0.2, -0.15) is 0 Å². The summed E-state index contributed by atoms with van der Waals surface area (Å²) in [5.74, 6) is 0.680. The molecule has 1 aromatic heterocycles. The molecule has 0 saturated carbocycles. The van der Waals surface area contributed by atoms with Gasteiger partial charge in [-0.25, -0.2) is 0 Å². The van der Waals surface area contributed by atoms with Crippen LogP contribution >= 0.6 is 0 Å². The van der Waals surface area contributed by atoms with Crippen molar-refractivity contribution >= 4 is 17.3 Å². The minimum absolute atomic E-state index is 0.139. The first kappa shape index (κ1) is 19.4. The Balaban J connectivity index is 1.56. The van der Waals surface area contributed by atoms with Gasteiger partial charge in [0.05, 0.1) is 24.6 Å². The van der Waals surface area contributed by atoms with Crippen LogP contribution < -0.4 is 15.4 Å². The van der Waals surface area contributed by atoms with Gasteiger partial charge in [-0.15, -0.1) is 0 Å². The van der Waals surface area contributed by atoms with Crippen LogP contribution in [0.3, 0.4) is 0 Å². The molecule has 1 amide bonds. The second kappa shape index (κ2) is 9.55. The number of rotatable bonds is 8. The Morgan fingerprint density at radius 2 is 1.82 bits per heavy atom. The highest BCUT2D eigenvalue weighted by Gasteiger charge is 2.07. The molecule has 0 aliphatic heterocycles. The first-order valence-electron chi connectivity index (χ1n) is 9.40. The van der Waals surface area contributed by atoms with Crippen molar-refractivity contribution < 1.29 is 9.53 Å². The van der Waals surface area contributed by atoms with Crippen LogP contribution in [0.5, 0.6) is 5.75 Å². The Bertz CT molecular complexity index is 923. The number of carbonyl (C=O) groups is 1. The van der Waals surface area contributed by atoms with Gasteiger partial charge in [0.2, 0.25) is 0 Å². The molecule has 0 fully saturated rings. The average Bonchev–Trinajstić information content (AvgIpc) is 2.74. The highest BCUT2D eigenvalue weighted by atomic mass is 16.5. The molecule has 0 aliphatic rings. The molecule has 5 nitrogen and oxygen atoms in total. The molecule has 0 aliphatic carbocycles. The van der Waals surface area contributed by atoms with E-state index in [1.54, 1.807) is 19.5 Å². The van der Waals surface area contributed by atoms with Crippen molar-refractivity contribution in [2.24, 2.45) is 0 Å². The molecule has 144 valence electrons. The molecule has 0 radical (unpaired) electrons. The number of aromatic nitrogens is 1. The van der Waals surface area contributed by atoms with Crippen LogP contribution in [0.4, 0.5) is 11.4 Å². The molecule has 3 rings (SSSR count). The number of pyridine rings is 1. The maximum absolute atomic E-state index is 12.4. The quantitative estimate of drug-likeness (QED) is 0.614. The van der Waals surface area contributed by atoms with Crippen LogP contribution in [0, 0.1) is 0 Å². The van der Waals surface area contributed by atoms with Crippen molar-refractivity contribution in [3.05, 3.63) is 83.7 Å². The SMILES string of the molecule is CCc1ccc(Nc2cncc(C(=O)NCCc3cccc(OC)c3)c2)cc1. The zero-order chi connectivity index (χ0) is 19.8. The van der Waals surface area contributed by atoms with Gasteiger partial charge < -0.3 is 15.4 Å². The number of methoxy groups -OCH3 is 1. The van der Waals surface area contributed by atoms with E-state index < -0.39 is 0 Å². The lowest BCUT2D eigenvalue weighted by Crippen LogP contribution is -2.25. The summed E-state index contributed by atoms with van der Waals surface area (Å²) >= 11 is 0. The third-order valence-electron chi connectivity index (χ3n) is 4.48. The fourth-order valence-electron chi connectivity index (χ4n) is 2.87. The number of carbonyl (C=O) groups excluding carboxylic acids is 1. The Morgan fingerprint density at radius 1 is 1.00 bits per heavy atom. The number of hydrogen-bond acceptors (Lipinski definition) is 4. The van der Waals surface area contributed by atoms with Crippen LogP contribution in [0.25, 0.3) is 0 Å². The molecule has 3 aromatic rings. The van der Waals surface area contributed by atoms with E-state index in [0.717, 1.165) is 35.5 Å². The fourth-order valence-corrected chi connectivity index (χ4v) is 2.87. The van der Waals surface area contributed by atoms with Crippen molar-refractivity contribution in [1.29, 1.82) is 0 Å². The predicted molar refractivity (Wildman–Crippen MR) is 112 cm³/mol. The van der Waals surface area contributed by atoms with E-state index in [2.05, 4.69) is 34.7 Å². The molecule has 0 spiro atoms. The third-order valence-corrected chi connectivity index (χ3v) is 4.48. The van der Waals surface area contributed by atoms with E-state index in [9.17, 15) is 4.79 Å². The number of hydrogen-bond donors (Lipinski definition) is 2. The standard InChI is InChI=1S/C23H25N3O2/c1-3-17-7-9-20(10-8-17)26-21-14-19(15-24-16-21)23(27)25-12-11-18-5-4-6-22(13-18)28-2/h4-10,13-16,26H,3,11-12H2,1-2H3,(H,25,27). The van der Waals surface area contributed by atoms with Gasteiger partial charge in [0.25, 0.3) is 5.91 Å². The van der Waals surface area contributed by atoms with Crippen LogP contribution in [-0.4, -0.2) is 24.5 Å². The monoisotopic (exact) mass is 375 g/mol. The third kappa shape index (κ3) is 5.33. The molecular weight excluding hydrogens is 350 g/mol. The normalized spacial score (nSPS) is 10.4. The Labute approximate surface area is 165 Å². The summed E-state index contributed by atoms with van der Waals surface area (Å²) in [6, 6.07) is 17.9. The molecule has 0 saturated heterocycles. The number of aryl methyl sites for hydroxylation is 1. The molecule has 2 aromatic carbocycles. The maximum atomic E-state index is 12.4. The van der Waals surface area contributed by atoms with Gasteiger partial charge in [0.15, 0.2) is 0 Å². The minimum atomic E-state index is -0.139. The second-order valence-corrected chi connectivity index (χ2v) is 6.50. The van der Waals surface area contributed by atoms with Crippen LogP contribution in [0.1, 0.15) is 28.4 Å². The smallest absolute Gasteiger partial charge is 0.252 e. The van der Waals surface area contributed by atoms with Crippen LogP contribution in [0.2, 0.25) is 0 Å². The number of anilines is 2. The highest BCUT2D eigenvalue weighted by Crippen LogP contribution is 2.18. The average molecular weight is 375 g/mol. The summed E-state index contributed by atoms with van der Waals surface area (Å²) in [5.41, 5.74) is 4.68. The molecule has 28 heavy (non-hydrogen) atoms. The topological polar surface area (TPSA) is 63.2 Å². The zero-order valence-electron chi connectivity index (χ0n) is 16.2. The molecule has 1 heterocycles. The Kier molecular flexibility index (Phi) is 6.63. The van der Waals surface area contributed by atoms with Gasteiger partial charge in [0, 0.05) is 18.4 Å². The number of ether oxygens (including phenoxy) is 1. The van der Waals surface area contributed by atoms with Gasteiger partial charge in [-0.05, 0) is 54.3 Å². The van der Waals surface area contributed by atoms with E-state index >= 15 is 0 Å². The lowest BCUT2D eigenvalue weighted by Gasteiger charge is -2.09. The first-order chi connectivity index (χ1) is 13.7. The Morgan fingerprint density at radius 3 is 2.57 bits per heavy atom. The molecule has 0 bridgehead atoms. The summed E-state index contributed by atoms with van der Waals surface area (Å²) in [6.45, 7) is 2.67. The molecule has 5 heteroatoms. The van der Waals surface area contributed by atoms with E-state index in [0.29, 0.717) is 12.1 Å². The Hall–Kier alpha value is -3.34. The fraction of sp³-hybridized carbons (Fsp3) is 0.217. The summed E-state index contributed by atoms with van der Waals surface area (Å²) in [7, 11) is 1.65. The van der Waals surface area contributed by atoms with Crippen molar-refractivity contribution in [2.45, 2.75) is 19.8 Å². The molecule has 0 atom stereocenters. The summed E-state index contributed by atoms with van der Waals surface area (Å²) in [5, 5.41) is 6.23. The predicted octanol–water partition coefficient (Wildman–Crippen LogP) is 4.37. The molecule has 2 N–H and O–H groups in total. The lowest BCUT2D eigenvalue weighted by molar-refractivity contribution is 0.0954. The number of amides is 1. The van der Waals surface area contributed by atoms with Crippen LogP contribution in [-0.2, 0) is 12.8 Å². The molecule has 0 unspecified atom stereocenters. The van der Waals surface area contributed by atoms with E-state index in [4.69, 9.17) is 4.74 Å². The van der Waals surface area contributed by atoms with Crippen molar-refractivity contribution in [3.63, 3.8) is 0 Å². The first-order valence-corrected chi connectivity index (χ1v) is 9.40. The van der Waals surface area contributed by atoms with Crippen LogP contribution in [0.15, 0.2) is 67.0 Å². The zero-order valence-corrected chi connectivity index (χ0v) is 16.2. The van der Waals surface area contributed by atoms with E-state index in [1.165, 1.54) is 5.56 Å². The van der Waals surface area contributed by atoms with Gasteiger partial charge in [-0.3, -0.25) is 9.78 Å². The van der Waals surface area contributed by atoms with Gasteiger partial charge in [-0.1, -0.05) is 31.2 Å². The number of nitrogens with one attached hydrogen (secondary N) is 2. The van der Waals surface area contributed by atoms with Crippen molar-refractivity contribution in [3.8, 4) is 5.75 Å². The summed E-state index contributed by atoms with van der Waals surface area (Å²) in [6.07, 6.45) is 5.03.